The van der Waals surface area contributed by atoms with Gasteiger partial charge in [-0.1, -0.05) is 12.1 Å². The lowest BCUT2D eigenvalue weighted by Gasteiger charge is -2.28. The van der Waals surface area contributed by atoms with E-state index in [9.17, 15) is 9.59 Å². The van der Waals surface area contributed by atoms with Crippen molar-refractivity contribution in [1.82, 2.24) is 30.2 Å². The molecular weight excluding hydrogens is 488 g/mol. The Morgan fingerprint density at radius 2 is 1.63 bits per heavy atom. The van der Waals surface area contributed by atoms with Crippen molar-refractivity contribution < 1.29 is 19.4 Å². The fraction of sp³-hybridized carbons (Fsp3) is 0.269. The third-order valence-electron chi connectivity index (χ3n) is 6.35. The molecule has 0 atom stereocenters. The summed E-state index contributed by atoms with van der Waals surface area (Å²) < 4.78 is 5.51. The summed E-state index contributed by atoms with van der Waals surface area (Å²) in [6, 6.07) is 9.67. The highest BCUT2D eigenvalue weighted by Gasteiger charge is 2.24. The Balaban J connectivity index is 1.37. The highest BCUT2D eigenvalue weighted by molar-refractivity contribution is 5.95. The number of aromatic nitrogens is 5. The Morgan fingerprint density at radius 3 is 2.32 bits per heavy atom. The van der Waals surface area contributed by atoms with E-state index in [2.05, 4.69) is 25.5 Å². The van der Waals surface area contributed by atoms with Gasteiger partial charge in [-0.25, -0.2) is 24.7 Å². The van der Waals surface area contributed by atoms with Crippen LogP contribution in [0.1, 0.15) is 23.2 Å². The van der Waals surface area contributed by atoms with Crippen molar-refractivity contribution in [2.45, 2.75) is 18.9 Å². The van der Waals surface area contributed by atoms with Crippen LogP contribution >= 0.6 is 0 Å². The minimum atomic E-state index is -1.25. The van der Waals surface area contributed by atoms with Crippen LogP contribution in [0.3, 0.4) is 0 Å². The first-order chi connectivity index (χ1) is 18.5. The van der Waals surface area contributed by atoms with E-state index in [0.29, 0.717) is 66.1 Å². The van der Waals surface area contributed by atoms with Crippen LogP contribution in [-0.2, 0) is 4.74 Å². The molecule has 1 aromatic carbocycles. The number of nitrogens with zero attached hydrogens (tertiary/aromatic N) is 6. The van der Waals surface area contributed by atoms with E-state index in [1.807, 2.05) is 30.3 Å². The normalized spacial score (nSPS) is 15.3. The maximum absolute atomic E-state index is 12.4. The molecule has 3 N–H and O–H groups in total. The van der Waals surface area contributed by atoms with Crippen molar-refractivity contribution in [2.24, 2.45) is 0 Å². The minimum Gasteiger partial charge on any atom is -0.465 e. The topological polar surface area (TPSA) is 155 Å². The lowest BCUT2D eigenvalue weighted by molar-refractivity contribution is 0.0951. The van der Waals surface area contributed by atoms with E-state index in [-0.39, 0.29) is 11.9 Å². The van der Waals surface area contributed by atoms with Crippen LogP contribution in [0.25, 0.3) is 33.5 Å². The molecule has 2 fully saturated rings. The Labute approximate surface area is 217 Å². The van der Waals surface area contributed by atoms with Gasteiger partial charge in [-0.2, -0.15) is 0 Å². The van der Waals surface area contributed by atoms with E-state index in [1.54, 1.807) is 6.20 Å². The molecule has 1 saturated heterocycles. The minimum absolute atomic E-state index is 0.0337. The average molecular weight is 513 g/mol. The second kappa shape index (κ2) is 9.98. The van der Waals surface area contributed by atoms with Gasteiger partial charge >= 0.3 is 6.09 Å². The maximum atomic E-state index is 12.4. The second-order valence-electron chi connectivity index (χ2n) is 9.11. The Morgan fingerprint density at radius 1 is 0.921 bits per heavy atom. The van der Waals surface area contributed by atoms with Crippen molar-refractivity contribution >= 4 is 34.8 Å². The summed E-state index contributed by atoms with van der Waals surface area (Å²) in [7, 11) is 0. The number of fused-ring (bicyclic) bond motifs is 1. The molecule has 2 amide bonds. The maximum Gasteiger partial charge on any atom is 0.411 e. The molecule has 38 heavy (non-hydrogen) atoms. The number of carbonyl (C=O) groups excluding carboxylic acids is 1. The molecule has 12 nitrogen and oxygen atoms in total. The van der Waals surface area contributed by atoms with Gasteiger partial charge in [0.25, 0.3) is 5.91 Å². The van der Waals surface area contributed by atoms with Gasteiger partial charge < -0.3 is 20.1 Å². The number of benzene rings is 1. The number of rotatable bonds is 6. The van der Waals surface area contributed by atoms with Gasteiger partial charge in [0.1, 0.15) is 5.52 Å². The third-order valence-corrected chi connectivity index (χ3v) is 6.35. The van der Waals surface area contributed by atoms with Gasteiger partial charge in [0, 0.05) is 48.8 Å². The summed E-state index contributed by atoms with van der Waals surface area (Å²) in [5.74, 6) is 0.982. The lowest BCUT2D eigenvalue weighted by atomic mass is 10.0. The number of amides is 2. The molecule has 3 aromatic heterocycles. The summed E-state index contributed by atoms with van der Waals surface area (Å²) in [5, 5.41) is 14.0. The summed E-state index contributed by atoms with van der Waals surface area (Å²) >= 11 is 0. The van der Waals surface area contributed by atoms with Crippen LogP contribution in [-0.4, -0.2) is 74.4 Å². The van der Waals surface area contributed by atoms with Crippen LogP contribution in [0, 0.1) is 0 Å². The van der Waals surface area contributed by atoms with Gasteiger partial charge in [0.05, 0.1) is 24.3 Å². The van der Waals surface area contributed by atoms with Crippen LogP contribution in [0.4, 0.5) is 16.6 Å². The van der Waals surface area contributed by atoms with Crippen LogP contribution in [0.15, 0.2) is 48.9 Å². The SMILES string of the molecule is O=C(O)Nc1ncc(-c2nc(N3CCOCC3)c3ncc(-c4ccc(C(=O)NC5CC5)cc4)cc3n2)cn1. The molecule has 192 valence electrons. The molecule has 2 aliphatic rings. The highest BCUT2D eigenvalue weighted by atomic mass is 16.5. The van der Waals surface area contributed by atoms with Crippen LogP contribution in [0.2, 0.25) is 0 Å². The fourth-order valence-corrected chi connectivity index (χ4v) is 4.20. The first-order valence-corrected chi connectivity index (χ1v) is 12.3. The van der Waals surface area contributed by atoms with Crippen molar-refractivity contribution in [1.29, 1.82) is 0 Å². The number of carboxylic acid groups (broad SMARTS) is 1. The predicted molar refractivity (Wildman–Crippen MR) is 139 cm³/mol. The smallest absolute Gasteiger partial charge is 0.411 e. The molecule has 0 bridgehead atoms. The number of ether oxygens (including phenoxy) is 1. The van der Waals surface area contributed by atoms with Crippen LogP contribution < -0.4 is 15.5 Å². The zero-order valence-electron chi connectivity index (χ0n) is 20.3. The summed E-state index contributed by atoms with van der Waals surface area (Å²) in [5.41, 5.74) is 4.20. The lowest BCUT2D eigenvalue weighted by Crippen LogP contribution is -2.37. The van der Waals surface area contributed by atoms with Crippen molar-refractivity contribution in [3.8, 4) is 22.5 Å². The summed E-state index contributed by atoms with van der Waals surface area (Å²) in [6.07, 6.45) is 5.57. The van der Waals surface area contributed by atoms with Crippen LogP contribution in [0.5, 0.6) is 0 Å². The van der Waals surface area contributed by atoms with E-state index in [1.165, 1.54) is 12.4 Å². The average Bonchev–Trinajstić information content (AvgIpc) is 3.77. The highest BCUT2D eigenvalue weighted by Crippen LogP contribution is 2.30. The number of nitrogens with one attached hydrogen (secondary N) is 2. The Bertz CT molecular complexity index is 1500. The van der Waals surface area contributed by atoms with Crippen molar-refractivity contribution in [3.05, 3.63) is 54.5 Å². The zero-order valence-corrected chi connectivity index (χ0v) is 20.3. The van der Waals surface area contributed by atoms with E-state index in [0.717, 1.165) is 24.0 Å². The molecular formula is C26H24N8O4. The number of morpholine rings is 1. The third kappa shape index (κ3) is 5.06. The molecule has 4 aromatic rings. The predicted octanol–water partition coefficient (Wildman–Crippen LogP) is 2.97. The number of pyridine rings is 1. The first kappa shape index (κ1) is 23.7. The number of anilines is 2. The largest absolute Gasteiger partial charge is 0.465 e. The van der Waals surface area contributed by atoms with E-state index >= 15 is 0 Å². The van der Waals surface area contributed by atoms with E-state index in [4.69, 9.17) is 24.8 Å². The molecule has 0 spiro atoms. The second-order valence-corrected chi connectivity index (χ2v) is 9.11. The number of hydrogen-bond acceptors (Lipinski definition) is 9. The molecule has 0 radical (unpaired) electrons. The molecule has 12 heteroatoms. The van der Waals surface area contributed by atoms with E-state index < -0.39 is 6.09 Å². The Hall–Kier alpha value is -4.71. The summed E-state index contributed by atoms with van der Waals surface area (Å²) in [6.45, 7) is 2.49. The van der Waals surface area contributed by atoms with Gasteiger partial charge in [0.15, 0.2) is 11.6 Å². The fourth-order valence-electron chi connectivity index (χ4n) is 4.20. The van der Waals surface area contributed by atoms with Gasteiger partial charge in [-0.15, -0.1) is 0 Å². The quantitative estimate of drug-likeness (QED) is 0.351. The Kier molecular flexibility index (Phi) is 6.22. The molecule has 4 heterocycles. The standard InChI is InChI=1S/C26H24N8O4/c35-24(30-19-5-6-19)16-3-1-15(2-4-16)17-11-20-21(27-12-17)23(34-7-9-38-10-8-34)32-22(31-20)18-13-28-25(29-14-18)33-26(36)37/h1-4,11-14,19H,5-10H2,(H,30,35)(H,36,37)(H,28,29,33). The zero-order chi connectivity index (χ0) is 26.1. The molecule has 1 aliphatic carbocycles. The van der Waals surface area contributed by atoms with Crippen molar-refractivity contribution in [3.63, 3.8) is 0 Å². The number of carbonyl (C=O) groups is 2. The summed E-state index contributed by atoms with van der Waals surface area (Å²) in [4.78, 5) is 47.7. The first-order valence-electron chi connectivity index (χ1n) is 12.3. The number of hydrogen-bond donors (Lipinski definition) is 3. The van der Waals surface area contributed by atoms with Crippen molar-refractivity contribution in [2.75, 3.05) is 36.5 Å². The van der Waals surface area contributed by atoms with Gasteiger partial charge in [0.2, 0.25) is 5.95 Å². The molecule has 0 unspecified atom stereocenters. The molecule has 1 aliphatic heterocycles. The van der Waals surface area contributed by atoms with Gasteiger partial charge in [-0.05, 0) is 36.6 Å². The monoisotopic (exact) mass is 512 g/mol. The van der Waals surface area contributed by atoms with Gasteiger partial charge in [-0.3, -0.25) is 15.1 Å². The molecule has 1 saturated carbocycles. The molecule has 6 rings (SSSR count).